The normalized spacial score (nSPS) is 20.9. The van der Waals surface area contributed by atoms with Crippen molar-refractivity contribution in [1.29, 1.82) is 0 Å². The predicted molar refractivity (Wildman–Crippen MR) is 82.9 cm³/mol. The summed E-state index contributed by atoms with van der Waals surface area (Å²) in [6.07, 6.45) is 2.18. The van der Waals surface area contributed by atoms with Crippen LogP contribution in [0.1, 0.15) is 33.1 Å². The topological polar surface area (TPSA) is 38.3 Å². The SMILES string of the molecule is CCC1(CC)CC(Nc2c(Cl)cc(Cl)cc2Cl)C(=O)O1. The molecular weight excluding hydrogens is 321 g/mol. The fourth-order valence-electron chi connectivity index (χ4n) is 2.43. The molecule has 0 radical (unpaired) electrons. The lowest BCUT2D eigenvalue weighted by molar-refractivity contribution is -0.149. The molecule has 0 bridgehead atoms. The molecule has 1 saturated heterocycles. The molecule has 0 amide bonds. The molecule has 0 aliphatic carbocycles. The molecule has 1 aliphatic heterocycles. The highest BCUT2D eigenvalue weighted by molar-refractivity contribution is 6.41. The van der Waals surface area contributed by atoms with Gasteiger partial charge in [-0.3, -0.25) is 0 Å². The second-order valence-corrected chi connectivity index (χ2v) is 6.21. The number of carbonyl (C=O) groups is 1. The van der Waals surface area contributed by atoms with Gasteiger partial charge in [0.05, 0.1) is 15.7 Å². The number of rotatable bonds is 4. The van der Waals surface area contributed by atoms with E-state index < -0.39 is 6.04 Å². The summed E-state index contributed by atoms with van der Waals surface area (Å²) in [6.45, 7) is 4.03. The van der Waals surface area contributed by atoms with Crippen molar-refractivity contribution in [3.8, 4) is 0 Å². The van der Waals surface area contributed by atoms with Crippen LogP contribution in [0.5, 0.6) is 0 Å². The van der Waals surface area contributed by atoms with Gasteiger partial charge in [-0.2, -0.15) is 0 Å². The van der Waals surface area contributed by atoms with Crippen molar-refractivity contribution in [3.63, 3.8) is 0 Å². The second-order valence-electron chi connectivity index (χ2n) is 4.96. The summed E-state index contributed by atoms with van der Waals surface area (Å²) in [7, 11) is 0. The first-order chi connectivity index (χ1) is 9.40. The summed E-state index contributed by atoms with van der Waals surface area (Å²) >= 11 is 18.1. The Bertz CT molecular complexity index is 506. The number of ether oxygens (including phenoxy) is 1. The Morgan fingerprint density at radius 1 is 1.25 bits per heavy atom. The molecule has 3 nitrogen and oxygen atoms in total. The smallest absolute Gasteiger partial charge is 0.329 e. The highest BCUT2D eigenvalue weighted by Gasteiger charge is 2.44. The lowest BCUT2D eigenvalue weighted by Gasteiger charge is -2.24. The van der Waals surface area contributed by atoms with E-state index in [2.05, 4.69) is 5.32 Å². The van der Waals surface area contributed by atoms with Crippen molar-refractivity contribution in [3.05, 3.63) is 27.2 Å². The van der Waals surface area contributed by atoms with Gasteiger partial charge in [0.2, 0.25) is 0 Å². The molecule has 0 saturated carbocycles. The van der Waals surface area contributed by atoms with Gasteiger partial charge < -0.3 is 10.1 Å². The van der Waals surface area contributed by atoms with E-state index in [1.165, 1.54) is 0 Å². The molecule has 110 valence electrons. The molecule has 2 rings (SSSR count). The van der Waals surface area contributed by atoms with Gasteiger partial charge >= 0.3 is 5.97 Å². The Labute approximate surface area is 133 Å². The van der Waals surface area contributed by atoms with Crippen molar-refractivity contribution in [2.24, 2.45) is 0 Å². The third-order valence-corrected chi connectivity index (χ3v) is 4.61. The number of anilines is 1. The summed E-state index contributed by atoms with van der Waals surface area (Å²) in [6, 6.07) is 2.74. The number of hydrogen-bond donors (Lipinski definition) is 1. The maximum absolute atomic E-state index is 12.0. The van der Waals surface area contributed by atoms with Gasteiger partial charge in [0.1, 0.15) is 11.6 Å². The monoisotopic (exact) mass is 335 g/mol. The van der Waals surface area contributed by atoms with Gasteiger partial charge in [-0.1, -0.05) is 48.7 Å². The fraction of sp³-hybridized carbons (Fsp3) is 0.500. The number of esters is 1. The summed E-state index contributed by atoms with van der Waals surface area (Å²) < 4.78 is 5.52. The Morgan fingerprint density at radius 2 is 1.80 bits per heavy atom. The maximum Gasteiger partial charge on any atom is 0.329 e. The zero-order valence-electron chi connectivity index (χ0n) is 11.3. The minimum Gasteiger partial charge on any atom is -0.457 e. The summed E-state index contributed by atoms with van der Waals surface area (Å²) in [4.78, 5) is 12.0. The Balaban J connectivity index is 2.21. The number of benzene rings is 1. The molecule has 1 heterocycles. The zero-order valence-corrected chi connectivity index (χ0v) is 13.6. The third-order valence-electron chi connectivity index (χ3n) is 3.79. The molecule has 1 atom stereocenters. The minimum absolute atomic E-state index is 0.268. The van der Waals surface area contributed by atoms with Gasteiger partial charge in [0, 0.05) is 11.4 Å². The molecule has 1 aliphatic rings. The first-order valence-electron chi connectivity index (χ1n) is 6.54. The molecule has 6 heteroatoms. The van der Waals surface area contributed by atoms with Crippen LogP contribution in [0.4, 0.5) is 5.69 Å². The predicted octanol–water partition coefficient (Wildman–Crippen LogP) is 4.93. The maximum atomic E-state index is 12.0. The van der Waals surface area contributed by atoms with Crippen LogP contribution in [0.2, 0.25) is 15.1 Å². The summed E-state index contributed by atoms with van der Waals surface area (Å²) in [5.41, 5.74) is 0.128. The van der Waals surface area contributed by atoms with Crippen molar-refractivity contribution in [1.82, 2.24) is 0 Å². The van der Waals surface area contributed by atoms with Crippen LogP contribution in [0.3, 0.4) is 0 Å². The lowest BCUT2D eigenvalue weighted by Crippen LogP contribution is -2.27. The van der Waals surface area contributed by atoms with Crippen LogP contribution in [-0.2, 0) is 9.53 Å². The second kappa shape index (κ2) is 6.00. The average Bonchev–Trinajstić information content (AvgIpc) is 2.71. The van der Waals surface area contributed by atoms with Crippen molar-refractivity contribution in [2.75, 3.05) is 5.32 Å². The Morgan fingerprint density at radius 3 is 2.25 bits per heavy atom. The van der Waals surface area contributed by atoms with Crippen molar-refractivity contribution in [2.45, 2.75) is 44.8 Å². The van der Waals surface area contributed by atoms with E-state index in [-0.39, 0.29) is 11.6 Å². The van der Waals surface area contributed by atoms with E-state index in [1.807, 2.05) is 13.8 Å². The lowest BCUT2D eigenvalue weighted by atomic mass is 9.92. The molecule has 0 aromatic heterocycles. The Hall–Kier alpha value is -0.640. The molecule has 1 N–H and O–H groups in total. The largest absolute Gasteiger partial charge is 0.457 e. The van der Waals surface area contributed by atoms with Crippen LogP contribution in [0.25, 0.3) is 0 Å². The molecular formula is C14H16Cl3NO2. The third kappa shape index (κ3) is 3.00. The molecule has 1 aromatic rings. The van der Waals surface area contributed by atoms with E-state index in [1.54, 1.807) is 12.1 Å². The van der Waals surface area contributed by atoms with Crippen molar-refractivity contribution >= 4 is 46.5 Å². The number of carbonyl (C=O) groups excluding carboxylic acids is 1. The first-order valence-corrected chi connectivity index (χ1v) is 7.68. The van der Waals surface area contributed by atoms with Crippen LogP contribution >= 0.6 is 34.8 Å². The Kier molecular flexibility index (Phi) is 4.73. The van der Waals surface area contributed by atoms with E-state index >= 15 is 0 Å². The van der Waals surface area contributed by atoms with Crippen LogP contribution in [-0.4, -0.2) is 17.6 Å². The van der Waals surface area contributed by atoms with Gasteiger partial charge in [-0.05, 0) is 25.0 Å². The van der Waals surface area contributed by atoms with E-state index in [9.17, 15) is 4.79 Å². The number of cyclic esters (lactones) is 1. The fourth-order valence-corrected chi connectivity index (χ4v) is 3.35. The first kappa shape index (κ1) is 15.7. The zero-order chi connectivity index (χ0) is 14.9. The van der Waals surface area contributed by atoms with Crippen LogP contribution in [0.15, 0.2) is 12.1 Å². The number of nitrogens with one attached hydrogen (secondary N) is 1. The molecule has 0 spiro atoms. The number of halogens is 3. The number of hydrogen-bond acceptors (Lipinski definition) is 3. The summed E-state index contributed by atoms with van der Waals surface area (Å²) in [5, 5.41) is 4.31. The van der Waals surface area contributed by atoms with Crippen LogP contribution in [0, 0.1) is 0 Å². The average molecular weight is 337 g/mol. The standard InChI is InChI=1S/C14H16Cl3NO2/c1-3-14(4-2)7-11(13(19)20-14)18-12-9(16)5-8(15)6-10(12)17/h5-6,11,18H,3-4,7H2,1-2H3. The molecule has 1 fully saturated rings. The van der Waals surface area contributed by atoms with Gasteiger partial charge in [0.25, 0.3) is 0 Å². The molecule has 1 unspecified atom stereocenters. The van der Waals surface area contributed by atoms with E-state index in [0.29, 0.717) is 27.2 Å². The molecule has 1 aromatic carbocycles. The van der Waals surface area contributed by atoms with Gasteiger partial charge in [0.15, 0.2) is 0 Å². The van der Waals surface area contributed by atoms with E-state index in [0.717, 1.165) is 12.8 Å². The summed E-state index contributed by atoms with van der Waals surface area (Å²) in [5.74, 6) is -0.268. The molecule has 20 heavy (non-hydrogen) atoms. The van der Waals surface area contributed by atoms with E-state index in [4.69, 9.17) is 39.5 Å². The van der Waals surface area contributed by atoms with Crippen molar-refractivity contribution < 1.29 is 9.53 Å². The van der Waals surface area contributed by atoms with Gasteiger partial charge in [-0.25, -0.2) is 4.79 Å². The highest BCUT2D eigenvalue weighted by Crippen LogP contribution is 2.38. The highest BCUT2D eigenvalue weighted by atomic mass is 35.5. The van der Waals surface area contributed by atoms with Gasteiger partial charge in [-0.15, -0.1) is 0 Å². The minimum atomic E-state index is -0.439. The van der Waals surface area contributed by atoms with Crippen LogP contribution < -0.4 is 5.32 Å². The quantitative estimate of drug-likeness (QED) is 0.792.